The molecule has 150 valence electrons. The third-order valence-corrected chi connectivity index (χ3v) is 5.13. The van der Waals surface area contributed by atoms with Crippen LogP contribution < -0.4 is 5.32 Å². The number of nitrogens with one attached hydrogen (secondary N) is 1. The molecule has 1 N–H and O–H groups in total. The van der Waals surface area contributed by atoms with Crippen LogP contribution in [-0.4, -0.2) is 41.7 Å². The zero-order chi connectivity index (χ0) is 21.1. The number of fused-ring (bicyclic) bond motifs is 1. The van der Waals surface area contributed by atoms with Crippen LogP contribution in [0.25, 0.3) is 0 Å². The van der Waals surface area contributed by atoms with E-state index >= 15 is 0 Å². The Morgan fingerprint density at radius 2 is 1.55 bits per heavy atom. The molecule has 0 saturated heterocycles. The van der Waals surface area contributed by atoms with Crippen LogP contribution in [-0.2, 0) is 9.53 Å². The number of nitrogens with zero attached hydrogens (tertiary/aromatic N) is 1. The molecule has 29 heavy (non-hydrogen) atoms. The van der Waals surface area contributed by atoms with Crippen molar-refractivity contribution in [2.45, 2.75) is 26.3 Å². The molecule has 0 fully saturated rings. The monoisotopic (exact) mass is 394 g/mol. The Balaban J connectivity index is 1.86. The topological polar surface area (TPSA) is 92.8 Å². The Bertz CT molecular complexity index is 932. The molecular weight excluding hydrogens is 372 g/mol. The highest BCUT2D eigenvalue weighted by molar-refractivity contribution is 6.23. The predicted octanol–water partition coefficient (Wildman–Crippen LogP) is 3.12. The fourth-order valence-corrected chi connectivity index (χ4v) is 3.34. The van der Waals surface area contributed by atoms with Crippen molar-refractivity contribution in [3.05, 3.63) is 65.2 Å². The Morgan fingerprint density at radius 1 is 1.00 bits per heavy atom. The summed E-state index contributed by atoms with van der Waals surface area (Å²) in [7, 11) is 1.29. The number of anilines is 1. The van der Waals surface area contributed by atoms with Crippen LogP contribution in [0.2, 0.25) is 0 Å². The number of carbonyl (C=O) groups is 4. The van der Waals surface area contributed by atoms with E-state index in [2.05, 4.69) is 10.1 Å². The van der Waals surface area contributed by atoms with Gasteiger partial charge in [-0.25, -0.2) is 4.79 Å². The van der Waals surface area contributed by atoms with Gasteiger partial charge in [0.25, 0.3) is 11.8 Å². The highest BCUT2D eigenvalue weighted by Gasteiger charge is 2.44. The second kappa shape index (κ2) is 8.26. The molecule has 0 aromatic heterocycles. The highest BCUT2D eigenvalue weighted by Crippen LogP contribution is 2.29. The lowest BCUT2D eigenvalue weighted by Crippen LogP contribution is -2.50. The molecule has 7 heteroatoms. The van der Waals surface area contributed by atoms with Crippen LogP contribution in [0.5, 0.6) is 0 Å². The van der Waals surface area contributed by atoms with Crippen molar-refractivity contribution in [3.63, 3.8) is 0 Å². The SMILES string of the molecule is CC[C@@H](C)[C@H](C(=O)Nc1ccc(C(=O)OC)cc1)N1C(=O)c2ccccc2C1=O. The number of hydrogen-bond acceptors (Lipinski definition) is 5. The van der Waals surface area contributed by atoms with Crippen molar-refractivity contribution in [1.82, 2.24) is 4.90 Å². The van der Waals surface area contributed by atoms with Crippen molar-refractivity contribution in [2.24, 2.45) is 5.92 Å². The average Bonchev–Trinajstić information content (AvgIpc) is 2.99. The first-order valence-electron chi connectivity index (χ1n) is 9.35. The third kappa shape index (κ3) is 3.76. The average molecular weight is 394 g/mol. The second-order valence-corrected chi connectivity index (χ2v) is 6.91. The van der Waals surface area contributed by atoms with E-state index in [0.717, 1.165) is 4.90 Å². The third-order valence-electron chi connectivity index (χ3n) is 5.13. The summed E-state index contributed by atoms with van der Waals surface area (Å²) in [4.78, 5) is 51.4. The predicted molar refractivity (Wildman–Crippen MR) is 107 cm³/mol. The molecular formula is C22H22N2O5. The summed E-state index contributed by atoms with van der Waals surface area (Å²) in [5.41, 5.74) is 1.42. The molecule has 0 aliphatic carbocycles. The number of ether oxygens (including phenoxy) is 1. The minimum atomic E-state index is -0.951. The summed E-state index contributed by atoms with van der Waals surface area (Å²) in [6.45, 7) is 3.72. The quantitative estimate of drug-likeness (QED) is 0.600. The lowest BCUT2D eigenvalue weighted by molar-refractivity contribution is -0.121. The summed E-state index contributed by atoms with van der Waals surface area (Å²) in [6, 6.07) is 11.8. The molecule has 0 spiro atoms. The molecule has 0 unspecified atom stereocenters. The number of amides is 3. The number of benzene rings is 2. The first-order valence-corrected chi connectivity index (χ1v) is 9.35. The van der Waals surface area contributed by atoms with Crippen LogP contribution in [0, 0.1) is 5.92 Å². The van der Waals surface area contributed by atoms with E-state index in [0.29, 0.717) is 28.8 Å². The number of esters is 1. The van der Waals surface area contributed by atoms with Crippen molar-refractivity contribution in [2.75, 3.05) is 12.4 Å². The Hall–Kier alpha value is -3.48. The lowest BCUT2D eigenvalue weighted by Gasteiger charge is -2.29. The summed E-state index contributed by atoms with van der Waals surface area (Å²) in [6.07, 6.45) is 0.604. The zero-order valence-electron chi connectivity index (χ0n) is 16.5. The molecule has 0 bridgehead atoms. The summed E-state index contributed by atoms with van der Waals surface area (Å²) < 4.78 is 4.66. The number of imide groups is 1. The van der Waals surface area contributed by atoms with E-state index in [4.69, 9.17) is 0 Å². The largest absolute Gasteiger partial charge is 0.465 e. The van der Waals surface area contributed by atoms with Crippen molar-refractivity contribution in [3.8, 4) is 0 Å². The van der Waals surface area contributed by atoms with E-state index in [1.54, 1.807) is 36.4 Å². The van der Waals surface area contributed by atoms with Crippen molar-refractivity contribution in [1.29, 1.82) is 0 Å². The first-order chi connectivity index (χ1) is 13.9. The van der Waals surface area contributed by atoms with Crippen LogP contribution >= 0.6 is 0 Å². The van der Waals surface area contributed by atoms with Gasteiger partial charge in [-0.3, -0.25) is 19.3 Å². The maximum absolute atomic E-state index is 13.1. The van der Waals surface area contributed by atoms with Crippen molar-refractivity contribution >= 4 is 29.4 Å². The van der Waals surface area contributed by atoms with E-state index < -0.39 is 29.7 Å². The molecule has 0 saturated carbocycles. The first kappa shape index (κ1) is 20.3. The standard InChI is InChI=1S/C22H22N2O5/c1-4-13(2)18(24-20(26)16-7-5-6-8-17(16)21(24)27)19(25)23-15-11-9-14(10-12-15)22(28)29-3/h5-13,18H,4H2,1-3H3,(H,23,25)/t13-,18-/m1/s1. The molecule has 2 aromatic rings. The second-order valence-electron chi connectivity index (χ2n) is 6.91. The van der Waals surface area contributed by atoms with Gasteiger partial charge in [0, 0.05) is 5.69 Å². The number of hydrogen-bond donors (Lipinski definition) is 1. The Morgan fingerprint density at radius 3 is 2.03 bits per heavy atom. The summed E-state index contributed by atoms with van der Waals surface area (Å²) >= 11 is 0. The van der Waals surface area contributed by atoms with Gasteiger partial charge in [-0.15, -0.1) is 0 Å². The van der Waals surface area contributed by atoms with Gasteiger partial charge in [-0.1, -0.05) is 32.4 Å². The smallest absolute Gasteiger partial charge is 0.337 e. The molecule has 1 aliphatic rings. The Kier molecular flexibility index (Phi) is 5.77. The van der Waals surface area contributed by atoms with Crippen LogP contribution in [0.3, 0.4) is 0 Å². The molecule has 7 nitrogen and oxygen atoms in total. The number of methoxy groups -OCH3 is 1. The maximum Gasteiger partial charge on any atom is 0.337 e. The lowest BCUT2D eigenvalue weighted by atomic mass is 9.96. The fraction of sp³-hybridized carbons (Fsp3) is 0.273. The summed E-state index contributed by atoms with van der Waals surface area (Å²) in [5, 5.41) is 2.75. The molecule has 1 heterocycles. The summed E-state index contributed by atoms with van der Waals surface area (Å²) in [5.74, 6) is -2.11. The highest BCUT2D eigenvalue weighted by atomic mass is 16.5. The van der Waals surface area contributed by atoms with Crippen LogP contribution in [0.4, 0.5) is 5.69 Å². The normalized spacial score (nSPS) is 14.9. The molecule has 2 atom stereocenters. The van der Waals surface area contributed by atoms with Gasteiger partial charge in [0.15, 0.2) is 0 Å². The molecule has 0 radical (unpaired) electrons. The minimum Gasteiger partial charge on any atom is -0.465 e. The number of carbonyl (C=O) groups excluding carboxylic acids is 4. The number of rotatable bonds is 6. The van der Waals surface area contributed by atoms with E-state index in [-0.39, 0.29) is 5.92 Å². The van der Waals surface area contributed by atoms with Gasteiger partial charge in [0.1, 0.15) is 6.04 Å². The molecule has 3 amide bonds. The van der Waals surface area contributed by atoms with Crippen LogP contribution in [0.1, 0.15) is 51.3 Å². The minimum absolute atomic E-state index is 0.244. The van der Waals surface area contributed by atoms with Gasteiger partial charge in [-0.2, -0.15) is 0 Å². The van der Waals surface area contributed by atoms with Crippen LogP contribution in [0.15, 0.2) is 48.5 Å². The van der Waals surface area contributed by atoms with E-state index in [9.17, 15) is 19.2 Å². The maximum atomic E-state index is 13.1. The van der Waals surface area contributed by atoms with Gasteiger partial charge in [0.2, 0.25) is 5.91 Å². The fourth-order valence-electron chi connectivity index (χ4n) is 3.34. The Labute approximate surface area is 168 Å². The molecule has 3 rings (SSSR count). The van der Waals surface area contributed by atoms with Gasteiger partial charge in [-0.05, 0) is 42.3 Å². The van der Waals surface area contributed by atoms with Gasteiger partial charge < -0.3 is 10.1 Å². The van der Waals surface area contributed by atoms with Gasteiger partial charge >= 0.3 is 5.97 Å². The van der Waals surface area contributed by atoms with Gasteiger partial charge in [0.05, 0.1) is 23.8 Å². The molecule has 1 aliphatic heterocycles. The zero-order valence-corrected chi connectivity index (χ0v) is 16.5. The van der Waals surface area contributed by atoms with E-state index in [1.807, 2.05) is 13.8 Å². The molecule has 2 aromatic carbocycles. The van der Waals surface area contributed by atoms with E-state index in [1.165, 1.54) is 19.2 Å². The van der Waals surface area contributed by atoms with Crippen molar-refractivity contribution < 1.29 is 23.9 Å².